The molecular weight excluding hydrogens is 534 g/mol. The van der Waals surface area contributed by atoms with E-state index in [9.17, 15) is 15.0 Å². The number of aromatic nitrogens is 1. The number of benzene rings is 3. The number of aromatic hydroxyl groups is 1. The number of aryl methyl sites for hydroxylation is 2. The predicted molar refractivity (Wildman–Crippen MR) is 178 cm³/mol. The third-order valence-electron chi connectivity index (χ3n) is 8.58. The lowest BCUT2D eigenvalue weighted by Gasteiger charge is -2.23. The molecule has 1 aromatic heterocycles. The molecule has 1 atom stereocenters. The lowest BCUT2D eigenvalue weighted by atomic mass is 9.84. The van der Waals surface area contributed by atoms with Crippen LogP contribution in [0.25, 0.3) is 33.3 Å². The molecule has 4 rings (SSSR count). The van der Waals surface area contributed by atoms with E-state index >= 15 is 0 Å². The van der Waals surface area contributed by atoms with Gasteiger partial charge in [0, 0.05) is 42.6 Å². The van der Waals surface area contributed by atoms with Crippen molar-refractivity contribution in [1.82, 2.24) is 4.57 Å². The fourth-order valence-electron chi connectivity index (χ4n) is 6.16. The molecule has 43 heavy (non-hydrogen) atoms. The van der Waals surface area contributed by atoms with E-state index in [2.05, 4.69) is 73.9 Å². The Labute approximate surface area is 257 Å². The Morgan fingerprint density at radius 2 is 1.77 bits per heavy atom. The molecular formula is C38H49NO4. The number of carbonyl (C=O) groups excluding carboxylic acids is 1. The fourth-order valence-corrected chi connectivity index (χ4v) is 6.16. The zero-order valence-corrected chi connectivity index (χ0v) is 26.7. The van der Waals surface area contributed by atoms with Crippen LogP contribution in [0.2, 0.25) is 0 Å². The number of nitrogens with zero attached hydrogens (tertiary/aromatic N) is 1. The number of fused-ring (bicyclic) bond motifs is 1. The highest BCUT2D eigenvalue weighted by Gasteiger charge is 2.26. The molecule has 4 aromatic rings. The first-order valence-electron chi connectivity index (χ1n) is 15.8. The van der Waals surface area contributed by atoms with Gasteiger partial charge in [0.05, 0.1) is 12.3 Å². The van der Waals surface area contributed by atoms with E-state index in [1.807, 2.05) is 19.1 Å². The second-order valence-corrected chi connectivity index (χ2v) is 12.8. The number of aliphatic hydroxyl groups excluding tert-OH is 1. The van der Waals surface area contributed by atoms with Crippen LogP contribution in [0.5, 0.6) is 5.75 Å². The number of methoxy groups -OCH3 is 1. The van der Waals surface area contributed by atoms with Gasteiger partial charge in [-0.2, -0.15) is 0 Å². The maximum atomic E-state index is 10.9. The molecule has 0 saturated heterocycles. The number of unbranched alkanes of at least 4 members (excludes halogenated alkanes) is 2. The van der Waals surface area contributed by atoms with Gasteiger partial charge >= 0.3 is 0 Å². The van der Waals surface area contributed by atoms with Crippen molar-refractivity contribution >= 4 is 17.2 Å². The largest absolute Gasteiger partial charge is 0.508 e. The first-order chi connectivity index (χ1) is 20.7. The van der Waals surface area contributed by atoms with Gasteiger partial charge in [-0.25, -0.2) is 0 Å². The lowest BCUT2D eigenvalue weighted by Crippen LogP contribution is -2.20. The maximum absolute atomic E-state index is 10.9. The van der Waals surface area contributed by atoms with E-state index in [0.29, 0.717) is 6.61 Å². The molecule has 0 radical (unpaired) electrons. The highest BCUT2D eigenvalue weighted by Crippen LogP contribution is 2.41. The van der Waals surface area contributed by atoms with Crippen LogP contribution in [0, 0.1) is 11.3 Å². The minimum Gasteiger partial charge on any atom is -0.508 e. The monoisotopic (exact) mass is 583 g/mol. The molecule has 3 aromatic carbocycles. The van der Waals surface area contributed by atoms with E-state index in [1.165, 1.54) is 33.3 Å². The molecule has 5 heteroatoms. The van der Waals surface area contributed by atoms with E-state index in [1.54, 1.807) is 7.11 Å². The third-order valence-corrected chi connectivity index (χ3v) is 8.58. The second kappa shape index (κ2) is 14.9. The van der Waals surface area contributed by atoms with Crippen LogP contribution in [-0.2, 0) is 35.3 Å². The van der Waals surface area contributed by atoms with Gasteiger partial charge in [-0.3, -0.25) is 0 Å². The molecule has 1 unspecified atom stereocenters. The average Bonchev–Trinajstić information content (AvgIpc) is 3.31. The van der Waals surface area contributed by atoms with E-state index in [0.717, 1.165) is 74.5 Å². The van der Waals surface area contributed by atoms with Gasteiger partial charge in [0.1, 0.15) is 12.0 Å². The first kappa shape index (κ1) is 32.5. The molecule has 230 valence electrons. The van der Waals surface area contributed by atoms with Crippen molar-refractivity contribution in [3.8, 4) is 28.1 Å². The zero-order valence-electron chi connectivity index (χ0n) is 26.7. The molecule has 2 N–H and O–H groups in total. The van der Waals surface area contributed by atoms with Crippen LogP contribution < -0.4 is 0 Å². The lowest BCUT2D eigenvalue weighted by molar-refractivity contribution is -0.110. The average molecular weight is 584 g/mol. The first-order valence-corrected chi connectivity index (χ1v) is 15.8. The van der Waals surface area contributed by atoms with Gasteiger partial charge in [-0.1, -0.05) is 70.0 Å². The maximum Gasteiger partial charge on any atom is 0.122 e. The van der Waals surface area contributed by atoms with Gasteiger partial charge in [0.15, 0.2) is 0 Å². The summed E-state index contributed by atoms with van der Waals surface area (Å²) in [7, 11) is 1.74. The van der Waals surface area contributed by atoms with Crippen LogP contribution in [0.1, 0.15) is 70.1 Å². The van der Waals surface area contributed by atoms with Crippen molar-refractivity contribution < 1.29 is 19.7 Å². The normalized spacial score (nSPS) is 12.6. The van der Waals surface area contributed by atoms with Crippen LogP contribution in [0.15, 0.2) is 60.7 Å². The molecule has 0 aliphatic heterocycles. The third kappa shape index (κ3) is 7.95. The van der Waals surface area contributed by atoms with Gasteiger partial charge in [0.2, 0.25) is 0 Å². The van der Waals surface area contributed by atoms with Crippen molar-refractivity contribution in [2.24, 2.45) is 11.3 Å². The summed E-state index contributed by atoms with van der Waals surface area (Å²) in [6.07, 6.45) is 7.56. The topological polar surface area (TPSA) is 71.7 Å². The number of hydrogen-bond donors (Lipinski definition) is 2. The summed E-state index contributed by atoms with van der Waals surface area (Å²) < 4.78 is 7.85. The molecule has 5 nitrogen and oxygen atoms in total. The second-order valence-electron chi connectivity index (χ2n) is 12.8. The molecule has 0 spiro atoms. The van der Waals surface area contributed by atoms with Crippen molar-refractivity contribution in [2.45, 2.75) is 79.2 Å². The van der Waals surface area contributed by atoms with Crippen molar-refractivity contribution in [3.05, 3.63) is 77.4 Å². The highest BCUT2D eigenvalue weighted by atomic mass is 16.5. The summed E-state index contributed by atoms with van der Waals surface area (Å²) in [6, 6.07) is 21.2. The standard InChI is InChI=1S/C38H49NO4/c1-6-39-36-17-16-30(31-20-28(21-32(42)22-31)13-9-7-8-12-27(2)25-40)23-34(36)35(24-38(3,4)26-41)37(39)33-15-11-10-14-29(33)18-19-43-5/h10-11,14-17,20-23,25,27,41-42H,6-9,12-13,18-19,24,26H2,1-5H3. The number of carbonyl (C=O) groups is 1. The quantitative estimate of drug-likeness (QED) is 0.103. The number of rotatable bonds is 16. The zero-order chi connectivity index (χ0) is 31.0. The number of hydrogen-bond acceptors (Lipinski definition) is 4. The minimum atomic E-state index is -0.291. The van der Waals surface area contributed by atoms with Gasteiger partial charge in [0.25, 0.3) is 0 Å². The SMILES string of the molecule is CCn1c(-c2ccccc2CCOC)c(CC(C)(C)CO)c2cc(-c3cc(O)cc(CCCCCC(C)C=O)c3)ccc21. The molecule has 0 aliphatic carbocycles. The Morgan fingerprint density at radius 1 is 0.977 bits per heavy atom. The molecule has 0 bridgehead atoms. The van der Waals surface area contributed by atoms with Crippen molar-refractivity contribution in [1.29, 1.82) is 0 Å². The molecule has 0 fully saturated rings. The minimum absolute atomic E-state index is 0.0974. The molecule has 1 heterocycles. The summed E-state index contributed by atoms with van der Waals surface area (Å²) in [5, 5.41) is 22.2. The molecule has 0 saturated carbocycles. The van der Waals surface area contributed by atoms with Crippen LogP contribution in [-0.4, -0.2) is 41.4 Å². The molecule has 0 amide bonds. The van der Waals surface area contributed by atoms with Gasteiger partial charge in [-0.05, 0) is 96.5 Å². The van der Waals surface area contributed by atoms with Gasteiger partial charge < -0.3 is 24.3 Å². The molecule has 0 aliphatic rings. The highest BCUT2D eigenvalue weighted by molar-refractivity contribution is 5.95. The van der Waals surface area contributed by atoms with Crippen LogP contribution in [0.4, 0.5) is 0 Å². The number of phenolic OH excluding ortho intramolecular Hbond substituents is 1. The summed E-state index contributed by atoms with van der Waals surface area (Å²) in [5.41, 5.74) is 9.01. The van der Waals surface area contributed by atoms with Gasteiger partial charge in [-0.15, -0.1) is 0 Å². The number of ether oxygens (including phenoxy) is 1. The van der Waals surface area contributed by atoms with Crippen molar-refractivity contribution in [2.75, 3.05) is 20.3 Å². The summed E-state index contributed by atoms with van der Waals surface area (Å²) >= 11 is 0. The Morgan fingerprint density at radius 3 is 2.49 bits per heavy atom. The van der Waals surface area contributed by atoms with Crippen LogP contribution >= 0.6 is 0 Å². The van der Waals surface area contributed by atoms with E-state index < -0.39 is 0 Å². The Hall–Kier alpha value is -3.41. The number of aldehydes is 1. The summed E-state index contributed by atoms with van der Waals surface area (Å²) in [6.45, 7) is 9.98. The Kier molecular flexibility index (Phi) is 11.2. The predicted octanol–water partition coefficient (Wildman–Crippen LogP) is 8.39. The Bertz CT molecular complexity index is 1520. The summed E-state index contributed by atoms with van der Waals surface area (Å²) in [5.74, 6) is 0.403. The number of aliphatic hydroxyl groups is 1. The van der Waals surface area contributed by atoms with E-state index in [4.69, 9.17) is 4.74 Å². The Balaban J connectivity index is 1.78. The number of phenols is 1. The van der Waals surface area contributed by atoms with E-state index in [-0.39, 0.29) is 23.7 Å². The van der Waals surface area contributed by atoms with Crippen molar-refractivity contribution in [3.63, 3.8) is 0 Å². The summed E-state index contributed by atoms with van der Waals surface area (Å²) in [4.78, 5) is 10.9. The fraction of sp³-hybridized carbons (Fsp3) is 0.447. The van der Waals surface area contributed by atoms with Crippen LogP contribution in [0.3, 0.4) is 0 Å². The smallest absolute Gasteiger partial charge is 0.122 e.